The molecule has 1 aromatic rings. The van der Waals surface area contributed by atoms with Crippen LogP contribution in [0.25, 0.3) is 0 Å². The molecule has 0 aromatic heterocycles. The molecule has 0 saturated heterocycles. The summed E-state index contributed by atoms with van der Waals surface area (Å²) in [6.07, 6.45) is 16.7. The van der Waals surface area contributed by atoms with Gasteiger partial charge in [-0.15, -0.1) is 0 Å². The average Bonchev–Trinajstić information content (AvgIpc) is 2.73. The number of benzene rings is 1. The highest BCUT2D eigenvalue weighted by Gasteiger charge is 2.11. The van der Waals surface area contributed by atoms with Crippen molar-refractivity contribution in [3.05, 3.63) is 35.4 Å². The molecule has 0 N–H and O–H groups in total. The van der Waals surface area contributed by atoms with Crippen molar-refractivity contribution in [2.45, 2.75) is 110 Å². The molecule has 0 fully saturated rings. The molecule has 4 nitrogen and oxygen atoms in total. The van der Waals surface area contributed by atoms with Crippen LogP contribution in [0, 0.1) is 0 Å². The number of unbranched alkanes of at least 4 members (excludes halogenated alkanes) is 12. The van der Waals surface area contributed by atoms with E-state index in [0.29, 0.717) is 17.7 Å². The van der Waals surface area contributed by atoms with Gasteiger partial charge in [-0.05, 0) is 44.5 Å². The van der Waals surface area contributed by atoms with E-state index < -0.39 is 0 Å². The minimum atomic E-state index is -0.378. The first-order chi connectivity index (χ1) is 14.5. The van der Waals surface area contributed by atoms with E-state index in [1.54, 1.807) is 38.1 Å². The Bertz CT molecular complexity index is 577. The van der Waals surface area contributed by atoms with Gasteiger partial charge in [0.15, 0.2) is 0 Å². The van der Waals surface area contributed by atoms with Crippen LogP contribution in [0.2, 0.25) is 0 Å². The minimum absolute atomic E-state index is 0.164. The van der Waals surface area contributed by atoms with E-state index in [4.69, 9.17) is 9.47 Å². The second kappa shape index (κ2) is 16.9. The van der Waals surface area contributed by atoms with Crippen molar-refractivity contribution in [2.75, 3.05) is 6.61 Å². The standard InChI is InChI=1S/C26H42O4/c1-4-5-6-7-8-9-10-11-12-13-14-15-16-21-29-25(27)23-17-19-24(20-18-23)26(28)30-22(2)3/h17-20,22H,4-16,21H2,1-3H3. The summed E-state index contributed by atoms with van der Waals surface area (Å²) in [6.45, 7) is 6.32. The van der Waals surface area contributed by atoms with Crippen LogP contribution in [-0.2, 0) is 9.47 Å². The zero-order valence-corrected chi connectivity index (χ0v) is 19.4. The first kappa shape index (κ1) is 26.2. The molecule has 0 atom stereocenters. The van der Waals surface area contributed by atoms with Crippen LogP contribution in [0.4, 0.5) is 0 Å². The molecule has 0 aliphatic carbocycles. The molecular formula is C26H42O4. The maximum atomic E-state index is 12.1. The van der Waals surface area contributed by atoms with Gasteiger partial charge in [-0.3, -0.25) is 0 Å². The normalized spacial score (nSPS) is 10.9. The third-order valence-corrected chi connectivity index (χ3v) is 5.18. The van der Waals surface area contributed by atoms with Crippen LogP contribution in [-0.4, -0.2) is 24.6 Å². The fourth-order valence-corrected chi connectivity index (χ4v) is 3.39. The quantitative estimate of drug-likeness (QED) is 0.194. The maximum absolute atomic E-state index is 12.1. The molecule has 4 heteroatoms. The highest BCUT2D eigenvalue weighted by molar-refractivity contribution is 5.93. The molecule has 170 valence electrons. The lowest BCUT2D eigenvalue weighted by Gasteiger charge is -2.08. The topological polar surface area (TPSA) is 52.6 Å². The largest absolute Gasteiger partial charge is 0.462 e. The molecule has 0 amide bonds. The molecule has 1 aromatic carbocycles. The van der Waals surface area contributed by atoms with Crippen molar-refractivity contribution in [1.82, 2.24) is 0 Å². The highest BCUT2D eigenvalue weighted by atomic mass is 16.5. The predicted octanol–water partition coefficient (Wildman–Crippen LogP) is 7.50. The Morgan fingerprint density at radius 2 is 1.07 bits per heavy atom. The average molecular weight is 419 g/mol. The lowest BCUT2D eigenvalue weighted by atomic mass is 10.0. The van der Waals surface area contributed by atoms with E-state index in [2.05, 4.69) is 6.92 Å². The number of rotatable bonds is 17. The van der Waals surface area contributed by atoms with Crippen LogP contribution >= 0.6 is 0 Å². The first-order valence-electron chi connectivity index (χ1n) is 12.0. The Balaban J connectivity index is 2.01. The van der Waals surface area contributed by atoms with E-state index in [1.165, 1.54) is 70.6 Å². The van der Waals surface area contributed by atoms with Gasteiger partial charge >= 0.3 is 11.9 Å². The van der Waals surface area contributed by atoms with Crippen molar-refractivity contribution in [3.8, 4) is 0 Å². The van der Waals surface area contributed by atoms with E-state index in [-0.39, 0.29) is 18.0 Å². The Kier molecular flexibility index (Phi) is 14.8. The Hall–Kier alpha value is -1.84. The number of ether oxygens (including phenoxy) is 2. The molecule has 1 rings (SSSR count). The van der Waals surface area contributed by atoms with E-state index in [9.17, 15) is 9.59 Å². The molecule has 0 aliphatic rings. The van der Waals surface area contributed by atoms with Crippen molar-refractivity contribution < 1.29 is 19.1 Å². The molecule has 30 heavy (non-hydrogen) atoms. The third-order valence-electron chi connectivity index (χ3n) is 5.18. The van der Waals surface area contributed by atoms with E-state index in [1.807, 2.05) is 0 Å². The second-order valence-electron chi connectivity index (χ2n) is 8.41. The first-order valence-corrected chi connectivity index (χ1v) is 12.0. The van der Waals surface area contributed by atoms with E-state index in [0.717, 1.165) is 12.8 Å². The molecule has 0 aliphatic heterocycles. The maximum Gasteiger partial charge on any atom is 0.338 e. The van der Waals surface area contributed by atoms with Crippen molar-refractivity contribution >= 4 is 11.9 Å². The molecule has 0 unspecified atom stereocenters. The molecule has 0 heterocycles. The number of hydrogen-bond donors (Lipinski definition) is 0. The third kappa shape index (κ3) is 12.7. The summed E-state index contributed by atoms with van der Waals surface area (Å²) in [5.74, 6) is -0.713. The number of carbonyl (C=O) groups excluding carboxylic acids is 2. The summed E-state index contributed by atoms with van der Waals surface area (Å²) < 4.78 is 10.5. The molecule has 0 bridgehead atoms. The number of esters is 2. The summed E-state index contributed by atoms with van der Waals surface area (Å²) in [6, 6.07) is 6.44. The Morgan fingerprint density at radius 3 is 1.50 bits per heavy atom. The zero-order valence-electron chi connectivity index (χ0n) is 19.4. The monoisotopic (exact) mass is 418 g/mol. The lowest BCUT2D eigenvalue weighted by Crippen LogP contribution is -2.12. The zero-order chi connectivity index (χ0) is 22.0. The number of carbonyl (C=O) groups is 2. The van der Waals surface area contributed by atoms with Gasteiger partial charge in [0.05, 0.1) is 23.8 Å². The minimum Gasteiger partial charge on any atom is -0.462 e. The summed E-state index contributed by atoms with van der Waals surface area (Å²) >= 11 is 0. The fraction of sp³-hybridized carbons (Fsp3) is 0.692. The van der Waals surface area contributed by atoms with Gasteiger partial charge in [-0.2, -0.15) is 0 Å². The molecule has 0 radical (unpaired) electrons. The summed E-state index contributed by atoms with van der Waals surface area (Å²) in [4.78, 5) is 23.9. The van der Waals surface area contributed by atoms with Crippen LogP contribution < -0.4 is 0 Å². The van der Waals surface area contributed by atoms with Crippen molar-refractivity contribution in [1.29, 1.82) is 0 Å². The highest BCUT2D eigenvalue weighted by Crippen LogP contribution is 2.13. The second-order valence-corrected chi connectivity index (χ2v) is 8.41. The molecular weight excluding hydrogens is 376 g/mol. The summed E-state index contributed by atoms with van der Waals surface area (Å²) in [5, 5.41) is 0. The lowest BCUT2D eigenvalue weighted by molar-refractivity contribution is 0.0376. The van der Waals surface area contributed by atoms with Crippen molar-refractivity contribution in [2.24, 2.45) is 0 Å². The van der Waals surface area contributed by atoms with E-state index >= 15 is 0 Å². The van der Waals surface area contributed by atoms with Gasteiger partial charge in [0, 0.05) is 0 Å². The van der Waals surface area contributed by atoms with Gasteiger partial charge in [0.1, 0.15) is 0 Å². The number of hydrogen-bond acceptors (Lipinski definition) is 4. The van der Waals surface area contributed by atoms with Gasteiger partial charge in [0.25, 0.3) is 0 Å². The SMILES string of the molecule is CCCCCCCCCCCCCCCOC(=O)c1ccc(C(=O)OC(C)C)cc1. The Morgan fingerprint density at radius 1 is 0.667 bits per heavy atom. The Labute approximate surface area is 183 Å². The smallest absolute Gasteiger partial charge is 0.338 e. The summed E-state index contributed by atoms with van der Waals surface area (Å²) in [5.41, 5.74) is 0.905. The van der Waals surface area contributed by atoms with Gasteiger partial charge in [0.2, 0.25) is 0 Å². The van der Waals surface area contributed by atoms with Gasteiger partial charge < -0.3 is 9.47 Å². The fourth-order valence-electron chi connectivity index (χ4n) is 3.39. The van der Waals surface area contributed by atoms with Crippen LogP contribution in [0.15, 0.2) is 24.3 Å². The van der Waals surface area contributed by atoms with Crippen LogP contribution in [0.1, 0.15) is 125 Å². The van der Waals surface area contributed by atoms with Gasteiger partial charge in [-0.1, -0.05) is 84.0 Å². The molecule has 0 spiro atoms. The van der Waals surface area contributed by atoms with Gasteiger partial charge in [-0.25, -0.2) is 9.59 Å². The van der Waals surface area contributed by atoms with Crippen molar-refractivity contribution in [3.63, 3.8) is 0 Å². The predicted molar refractivity (Wildman–Crippen MR) is 123 cm³/mol. The summed E-state index contributed by atoms with van der Waals surface area (Å²) in [7, 11) is 0. The van der Waals surface area contributed by atoms with Crippen LogP contribution in [0.5, 0.6) is 0 Å². The molecule has 0 saturated carbocycles. The van der Waals surface area contributed by atoms with Crippen LogP contribution in [0.3, 0.4) is 0 Å².